The average Bonchev–Trinajstić information content (AvgIpc) is 2.70. The van der Waals surface area contributed by atoms with E-state index in [0.717, 1.165) is 23.1 Å². The first kappa shape index (κ1) is 11.9. The molecule has 0 heterocycles. The average molecular weight is 284 g/mol. The summed E-state index contributed by atoms with van der Waals surface area (Å²) in [5, 5.41) is 0. The first-order valence-electron chi connectivity index (χ1n) is 5.70. The van der Waals surface area contributed by atoms with Gasteiger partial charge in [0.15, 0.2) is 0 Å². The van der Waals surface area contributed by atoms with E-state index in [4.69, 9.17) is 10.5 Å². The zero-order chi connectivity index (χ0) is 11.8. The van der Waals surface area contributed by atoms with Crippen molar-refractivity contribution in [2.75, 3.05) is 7.11 Å². The largest absolute Gasteiger partial charge is 0.496 e. The molecule has 0 aliphatic heterocycles. The highest BCUT2D eigenvalue weighted by Gasteiger charge is 2.32. The van der Waals surface area contributed by atoms with Gasteiger partial charge in [-0.3, -0.25) is 0 Å². The number of rotatable bonds is 2. The molecule has 0 atom stereocenters. The lowest BCUT2D eigenvalue weighted by Gasteiger charge is -2.25. The van der Waals surface area contributed by atoms with Crippen molar-refractivity contribution in [3.8, 4) is 5.75 Å². The molecule has 2 rings (SSSR count). The Morgan fingerprint density at radius 3 is 2.50 bits per heavy atom. The number of nitrogens with two attached hydrogens (primary N) is 1. The van der Waals surface area contributed by atoms with E-state index < -0.39 is 0 Å². The molecular formula is C13H18BrNO. The second-order valence-electron chi connectivity index (χ2n) is 4.67. The Morgan fingerprint density at radius 2 is 1.94 bits per heavy atom. The predicted molar refractivity (Wildman–Crippen MR) is 69.8 cm³/mol. The number of halogens is 1. The van der Waals surface area contributed by atoms with Gasteiger partial charge in [-0.25, -0.2) is 0 Å². The predicted octanol–water partition coefficient (Wildman–Crippen LogP) is 3.49. The molecule has 3 heteroatoms. The molecule has 0 amide bonds. The molecule has 0 aromatic heterocycles. The van der Waals surface area contributed by atoms with Gasteiger partial charge < -0.3 is 10.5 Å². The van der Waals surface area contributed by atoms with Gasteiger partial charge in [-0.05, 0) is 52.9 Å². The lowest BCUT2D eigenvalue weighted by molar-refractivity contribution is 0.405. The summed E-state index contributed by atoms with van der Waals surface area (Å²) < 4.78 is 6.40. The molecule has 1 aliphatic rings. The van der Waals surface area contributed by atoms with Crippen LogP contribution in [0.5, 0.6) is 5.75 Å². The molecule has 0 radical (unpaired) electrons. The molecule has 0 bridgehead atoms. The van der Waals surface area contributed by atoms with Crippen LogP contribution in [0, 0.1) is 6.92 Å². The van der Waals surface area contributed by atoms with Gasteiger partial charge in [0.2, 0.25) is 0 Å². The van der Waals surface area contributed by atoms with Crippen molar-refractivity contribution < 1.29 is 4.74 Å². The van der Waals surface area contributed by atoms with E-state index in [1.807, 2.05) is 0 Å². The number of benzene rings is 1. The summed E-state index contributed by atoms with van der Waals surface area (Å²) in [7, 11) is 1.70. The molecule has 0 unspecified atom stereocenters. The summed E-state index contributed by atoms with van der Waals surface area (Å²) >= 11 is 3.53. The fourth-order valence-electron chi connectivity index (χ4n) is 2.47. The number of methoxy groups -OCH3 is 1. The summed E-state index contributed by atoms with van der Waals surface area (Å²) in [6.45, 7) is 2.08. The monoisotopic (exact) mass is 283 g/mol. The topological polar surface area (TPSA) is 35.2 Å². The van der Waals surface area contributed by atoms with Crippen LogP contribution in [-0.2, 0) is 5.54 Å². The van der Waals surface area contributed by atoms with Crippen molar-refractivity contribution >= 4 is 15.9 Å². The molecular weight excluding hydrogens is 266 g/mol. The van der Waals surface area contributed by atoms with E-state index in [0.29, 0.717) is 0 Å². The van der Waals surface area contributed by atoms with Crippen LogP contribution in [0.15, 0.2) is 16.6 Å². The minimum absolute atomic E-state index is 0.140. The van der Waals surface area contributed by atoms with Gasteiger partial charge in [0.1, 0.15) is 5.75 Å². The number of aryl methyl sites for hydroxylation is 1. The van der Waals surface area contributed by atoms with Gasteiger partial charge >= 0.3 is 0 Å². The molecule has 1 aromatic carbocycles. The molecule has 2 N–H and O–H groups in total. The van der Waals surface area contributed by atoms with Crippen LogP contribution < -0.4 is 10.5 Å². The zero-order valence-corrected chi connectivity index (χ0v) is 11.4. The highest BCUT2D eigenvalue weighted by molar-refractivity contribution is 9.10. The molecule has 1 aromatic rings. The first-order chi connectivity index (χ1) is 7.57. The highest BCUT2D eigenvalue weighted by atomic mass is 79.9. The fourth-order valence-corrected chi connectivity index (χ4v) is 2.86. The summed E-state index contributed by atoms with van der Waals surface area (Å²) in [6.07, 6.45) is 4.62. The number of hydrogen-bond donors (Lipinski definition) is 1. The van der Waals surface area contributed by atoms with E-state index in [1.54, 1.807) is 7.11 Å². The Morgan fingerprint density at radius 1 is 1.31 bits per heavy atom. The molecule has 0 spiro atoms. The van der Waals surface area contributed by atoms with E-state index >= 15 is 0 Å². The fraction of sp³-hybridized carbons (Fsp3) is 0.538. The van der Waals surface area contributed by atoms with Gasteiger partial charge in [-0.15, -0.1) is 0 Å². The van der Waals surface area contributed by atoms with Gasteiger partial charge in [0.05, 0.1) is 11.6 Å². The van der Waals surface area contributed by atoms with E-state index in [1.165, 1.54) is 24.0 Å². The van der Waals surface area contributed by atoms with Crippen LogP contribution in [0.25, 0.3) is 0 Å². The van der Waals surface area contributed by atoms with Gasteiger partial charge in [-0.1, -0.05) is 18.9 Å². The SMILES string of the molecule is COc1cc(C2(N)CCCC2)cc(C)c1Br. The van der Waals surface area contributed by atoms with Crippen LogP contribution >= 0.6 is 15.9 Å². The van der Waals surface area contributed by atoms with Crippen LogP contribution in [0.1, 0.15) is 36.8 Å². The Hall–Kier alpha value is -0.540. The molecule has 1 saturated carbocycles. The lowest BCUT2D eigenvalue weighted by Crippen LogP contribution is -2.33. The smallest absolute Gasteiger partial charge is 0.133 e. The Balaban J connectivity index is 2.45. The Bertz CT molecular complexity index is 397. The van der Waals surface area contributed by atoms with Crippen molar-refractivity contribution in [1.82, 2.24) is 0 Å². The zero-order valence-electron chi connectivity index (χ0n) is 9.85. The highest BCUT2D eigenvalue weighted by Crippen LogP contribution is 2.40. The molecule has 2 nitrogen and oxygen atoms in total. The van der Waals surface area contributed by atoms with Gasteiger partial charge in [-0.2, -0.15) is 0 Å². The second-order valence-corrected chi connectivity index (χ2v) is 5.47. The first-order valence-corrected chi connectivity index (χ1v) is 6.49. The van der Waals surface area contributed by atoms with E-state index in [9.17, 15) is 0 Å². The van der Waals surface area contributed by atoms with Crippen LogP contribution in [0.3, 0.4) is 0 Å². The third-order valence-corrected chi connectivity index (χ3v) is 4.53. The van der Waals surface area contributed by atoms with Crippen LogP contribution in [0.2, 0.25) is 0 Å². The maximum absolute atomic E-state index is 6.45. The number of ether oxygens (including phenoxy) is 1. The molecule has 1 fully saturated rings. The van der Waals surface area contributed by atoms with Crippen LogP contribution in [0.4, 0.5) is 0 Å². The van der Waals surface area contributed by atoms with Crippen molar-refractivity contribution in [2.45, 2.75) is 38.1 Å². The quantitative estimate of drug-likeness (QED) is 0.902. The molecule has 0 saturated heterocycles. The summed E-state index contributed by atoms with van der Waals surface area (Å²) in [4.78, 5) is 0. The van der Waals surface area contributed by atoms with Crippen LogP contribution in [-0.4, -0.2) is 7.11 Å². The van der Waals surface area contributed by atoms with E-state index in [-0.39, 0.29) is 5.54 Å². The number of hydrogen-bond acceptors (Lipinski definition) is 2. The third kappa shape index (κ3) is 1.98. The van der Waals surface area contributed by atoms with Crippen molar-refractivity contribution in [3.05, 3.63) is 27.7 Å². The molecule has 1 aliphatic carbocycles. The van der Waals surface area contributed by atoms with Crippen molar-refractivity contribution in [1.29, 1.82) is 0 Å². The van der Waals surface area contributed by atoms with E-state index in [2.05, 4.69) is 35.0 Å². The second kappa shape index (κ2) is 4.38. The maximum atomic E-state index is 6.45. The third-order valence-electron chi connectivity index (χ3n) is 3.51. The molecule has 88 valence electrons. The minimum Gasteiger partial charge on any atom is -0.496 e. The van der Waals surface area contributed by atoms with Gasteiger partial charge in [0.25, 0.3) is 0 Å². The summed E-state index contributed by atoms with van der Waals surface area (Å²) in [5.74, 6) is 0.881. The normalized spacial score (nSPS) is 18.8. The Kier molecular flexibility index (Phi) is 3.27. The van der Waals surface area contributed by atoms with Gasteiger partial charge in [0, 0.05) is 5.54 Å². The Labute approximate surface area is 105 Å². The maximum Gasteiger partial charge on any atom is 0.133 e. The summed E-state index contributed by atoms with van der Waals surface area (Å²) in [6, 6.07) is 4.25. The standard InChI is InChI=1S/C13H18BrNO/c1-9-7-10(8-11(16-2)12(9)14)13(15)5-3-4-6-13/h7-8H,3-6,15H2,1-2H3. The van der Waals surface area contributed by atoms with Crippen molar-refractivity contribution in [2.24, 2.45) is 5.73 Å². The summed E-state index contributed by atoms with van der Waals surface area (Å²) in [5.41, 5.74) is 8.71. The van der Waals surface area contributed by atoms with Crippen molar-refractivity contribution in [3.63, 3.8) is 0 Å². The molecule has 16 heavy (non-hydrogen) atoms. The lowest BCUT2D eigenvalue weighted by atomic mass is 9.88. The minimum atomic E-state index is -0.140.